The molecule has 0 fully saturated rings. The molecule has 0 radical (unpaired) electrons. The van der Waals surface area contributed by atoms with Gasteiger partial charge in [0.15, 0.2) is 0 Å². The van der Waals surface area contributed by atoms with Crippen LogP contribution < -0.4 is 10.6 Å². The smallest absolute Gasteiger partial charge is 0.319 e. The first-order valence-corrected chi connectivity index (χ1v) is 3.71. The summed E-state index contributed by atoms with van der Waals surface area (Å²) in [6, 6.07) is 7.16. The van der Waals surface area contributed by atoms with E-state index in [4.69, 9.17) is 5.73 Å². The van der Waals surface area contributed by atoms with Crippen molar-refractivity contribution in [3.63, 3.8) is 0 Å². The number of nitrogens with two attached hydrogens (primary N) is 1. The maximum atomic E-state index is 10.8. The predicted octanol–water partition coefficient (Wildman–Crippen LogP) is 1.51. The molecule has 3 nitrogen and oxygen atoms in total. The van der Waals surface area contributed by atoms with E-state index in [1.165, 1.54) is 4.90 Å². The molecule has 2 amide bonds. The van der Waals surface area contributed by atoms with Gasteiger partial charge >= 0.3 is 6.03 Å². The molecule has 12 heavy (non-hydrogen) atoms. The summed E-state index contributed by atoms with van der Waals surface area (Å²) in [6.07, 6.45) is 0. The van der Waals surface area contributed by atoms with Gasteiger partial charge in [0.25, 0.3) is 0 Å². The molecule has 1 aromatic rings. The number of primary amides is 1. The minimum atomic E-state index is -0.440. The Morgan fingerprint density at radius 2 is 2.00 bits per heavy atom. The number of benzene rings is 1. The first kappa shape index (κ1) is 8.59. The average Bonchev–Trinajstić information content (AvgIpc) is 2.04. The maximum absolute atomic E-state index is 10.8. The SMILES string of the molecule is Cc1ccccc1N(C)C(N)=O. The molecule has 0 aliphatic rings. The quantitative estimate of drug-likeness (QED) is 0.671. The molecule has 0 heterocycles. The van der Waals surface area contributed by atoms with Crippen molar-refractivity contribution in [3.05, 3.63) is 29.8 Å². The van der Waals surface area contributed by atoms with E-state index < -0.39 is 6.03 Å². The first-order chi connectivity index (χ1) is 5.63. The third-order valence-corrected chi connectivity index (χ3v) is 1.81. The molecule has 0 saturated carbocycles. The van der Waals surface area contributed by atoms with Crippen LogP contribution in [-0.2, 0) is 0 Å². The van der Waals surface area contributed by atoms with Crippen LogP contribution in [0.1, 0.15) is 5.56 Å². The van der Waals surface area contributed by atoms with E-state index in [9.17, 15) is 4.79 Å². The molecular weight excluding hydrogens is 152 g/mol. The highest BCUT2D eigenvalue weighted by Crippen LogP contribution is 2.16. The molecule has 2 N–H and O–H groups in total. The van der Waals surface area contributed by atoms with Gasteiger partial charge < -0.3 is 5.73 Å². The topological polar surface area (TPSA) is 46.3 Å². The van der Waals surface area contributed by atoms with E-state index in [1.807, 2.05) is 31.2 Å². The minimum Gasteiger partial charge on any atom is -0.351 e. The number of para-hydroxylation sites is 1. The zero-order valence-corrected chi connectivity index (χ0v) is 7.24. The normalized spacial score (nSPS) is 9.50. The Bertz CT molecular complexity index is 296. The van der Waals surface area contributed by atoms with Gasteiger partial charge in [0.1, 0.15) is 0 Å². The second-order valence-electron chi connectivity index (χ2n) is 2.68. The first-order valence-electron chi connectivity index (χ1n) is 3.71. The van der Waals surface area contributed by atoms with Gasteiger partial charge in [-0.25, -0.2) is 4.79 Å². The third-order valence-electron chi connectivity index (χ3n) is 1.81. The number of aryl methyl sites for hydroxylation is 1. The lowest BCUT2D eigenvalue weighted by molar-refractivity contribution is 0.255. The Morgan fingerprint density at radius 1 is 1.42 bits per heavy atom. The average molecular weight is 164 g/mol. The predicted molar refractivity (Wildman–Crippen MR) is 49.2 cm³/mol. The van der Waals surface area contributed by atoms with Gasteiger partial charge in [-0.1, -0.05) is 18.2 Å². The van der Waals surface area contributed by atoms with Crippen LogP contribution in [0.2, 0.25) is 0 Å². The summed E-state index contributed by atoms with van der Waals surface area (Å²) in [6.45, 7) is 1.94. The summed E-state index contributed by atoms with van der Waals surface area (Å²) >= 11 is 0. The van der Waals surface area contributed by atoms with Crippen LogP contribution in [-0.4, -0.2) is 13.1 Å². The second-order valence-corrected chi connectivity index (χ2v) is 2.68. The molecule has 0 spiro atoms. The lowest BCUT2D eigenvalue weighted by Gasteiger charge is -2.16. The zero-order valence-electron chi connectivity index (χ0n) is 7.24. The van der Waals surface area contributed by atoms with E-state index >= 15 is 0 Å². The Morgan fingerprint density at radius 3 is 2.50 bits per heavy atom. The molecule has 0 atom stereocenters. The molecule has 1 rings (SSSR count). The molecule has 0 aliphatic heterocycles. The highest BCUT2D eigenvalue weighted by atomic mass is 16.2. The van der Waals surface area contributed by atoms with Crippen molar-refractivity contribution >= 4 is 11.7 Å². The maximum Gasteiger partial charge on any atom is 0.319 e. The van der Waals surface area contributed by atoms with Crippen LogP contribution >= 0.6 is 0 Å². The summed E-state index contributed by atoms with van der Waals surface area (Å²) in [7, 11) is 1.66. The fourth-order valence-electron chi connectivity index (χ4n) is 1.06. The van der Waals surface area contributed by atoms with Crippen molar-refractivity contribution in [1.82, 2.24) is 0 Å². The minimum absolute atomic E-state index is 0.440. The van der Waals surface area contributed by atoms with E-state index in [0.29, 0.717) is 0 Å². The highest BCUT2D eigenvalue weighted by Gasteiger charge is 2.07. The Hall–Kier alpha value is -1.51. The fourth-order valence-corrected chi connectivity index (χ4v) is 1.06. The van der Waals surface area contributed by atoms with Crippen molar-refractivity contribution in [2.45, 2.75) is 6.92 Å². The molecule has 0 aliphatic carbocycles. The largest absolute Gasteiger partial charge is 0.351 e. The standard InChI is InChI=1S/C9H12N2O/c1-7-5-3-4-6-8(7)11(2)9(10)12/h3-6H,1-2H3,(H2,10,12). The summed E-state index contributed by atoms with van der Waals surface area (Å²) in [5, 5.41) is 0. The molecule has 0 unspecified atom stereocenters. The Balaban J connectivity index is 3.02. The molecule has 3 heteroatoms. The van der Waals surface area contributed by atoms with Crippen LogP contribution in [0, 0.1) is 6.92 Å². The lowest BCUT2D eigenvalue weighted by atomic mass is 10.2. The van der Waals surface area contributed by atoms with Crippen molar-refractivity contribution in [2.24, 2.45) is 5.73 Å². The van der Waals surface area contributed by atoms with E-state index in [-0.39, 0.29) is 0 Å². The van der Waals surface area contributed by atoms with Crippen LogP contribution in [0.3, 0.4) is 0 Å². The monoisotopic (exact) mass is 164 g/mol. The molecule has 0 saturated heterocycles. The number of hydrogen-bond acceptors (Lipinski definition) is 1. The van der Waals surface area contributed by atoms with E-state index in [2.05, 4.69) is 0 Å². The number of hydrogen-bond donors (Lipinski definition) is 1. The van der Waals surface area contributed by atoms with Crippen molar-refractivity contribution < 1.29 is 4.79 Å². The van der Waals surface area contributed by atoms with Gasteiger partial charge in [-0.15, -0.1) is 0 Å². The molecular formula is C9H12N2O. The Labute approximate surface area is 71.8 Å². The number of carbonyl (C=O) groups is 1. The number of carbonyl (C=O) groups excluding carboxylic acids is 1. The van der Waals surface area contributed by atoms with Crippen LogP contribution in [0.4, 0.5) is 10.5 Å². The van der Waals surface area contributed by atoms with Gasteiger partial charge in [0, 0.05) is 12.7 Å². The number of anilines is 1. The molecule has 0 aromatic heterocycles. The number of urea groups is 1. The van der Waals surface area contributed by atoms with Gasteiger partial charge in [-0.3, -0.25) is 4.90 Å². The van der Waals surface area contributed by atoms with Gasteiger partial charge in [0.05, 0.1) is 0 Å². The van der Waals surface area contributed by atoms with Crippen LogP contribution in [0.15, 0.2) is 24.3 Å². The number of nitrogens with zero attached hydrogens (tertiary/aromatic N) is 1. The number of amides is 2. The van der Waals surface area contributed by atoms with Crippen molar-refractivity contribution in [2.75, 3.05) is 11.9 Å². The third kappa shape index (κ3) is 1.56. The lowest BCUT2D eigenvalue weighted by Crippen LogP contribution is -2.32. The molecule has 1 aromatic carbocycles. The van der Waals surface area contributed by atoms with Gasteiger partial charge in [-0.05, 0) is 18.6 Å². The van der Waals surface area contributed by atoms with Crippen LogP contribution in [0.5, 0.6) is 0 Å². The summed E-state index contributed by atoms with van der Waals surface area (Å²) in [5.41, 5.74) is 7.02. The molecule has 0 bridgehead atoms. The molecule has 64 valence electrons. The van der Waals surface area contributed by atoms with Gasteiger partial charge in [-0.2, -0.15) is 0 Å². The van der Waals surface area contributed by atoms with Crippen molar-refractivity contribution in [1.29, 1.82) is 0 Å². The second kappa shape index (κ2) is 3.26. The fraction of sp³-hybridized carbons (Fsp3) is 0.222. The van der Waals surface area contributed by atoms with E-state index in [1.54, 1.807) is 7.05 Å². The summed E-state index contributed by atoms with van der Waals surface area (Å²) in [4.78, 5) is 12.2. The highest BCUT2D eigenvalue weighted by molar-refractivity contribution is 5.90. The zero-order chi connectivity index (χ0) is 9.14. The van der Waals surface area contributed by atoms with E-state index in [0.717, 1.165) is 11.3 Å². The summed E-state index contributed by atoms with van der Waals surface area (Å²) < 4.78 is 0. The number of rotatable bonds is 1. The van der Waals surface area contributed by atoms with Crippen molar-refractivity contribution in [3.8, 4) is 0 Å². The van der Waals surface area contributed by atoms with Crippen LogP contribution in [0.25, 0.3) is 0 Å². The Kier molecular flexibility index (Phi) is 2.33. The summed E-state index contributed by atoms with van der Waals surface area (Å²) in [5.74, 6) is 0. The van der Waals surface area contributed by atoms with Gasteiger partial charge in [0.2, 0.25) is 0 Å².